The molecular weight excluding hydrogens is 297 g/mol. The van der Waals surface area contributed by atoms with Crippen molar-refractivity contribution in [1.82, 2.24) is 9.55 Å². The number of aliphatic imine (C=N–C) groups is 1. The van der Waals surface area contributed by atoms with Crippen molar-refractivity contribution in [2.75, 3.05) is 5.32 Å². The van der Waals surface area contributed by atoms with Crippen LogP contribution < -0.4 is 16.6 Å². The molecule has 6 nitrogen and oxygen atoms in total. The smallest absolute Gasteiger partial charge is 0.282 e. The van der Waals surface area contributed by atoms with Crippen LogP contribution in [0.1, 0.15) is 11.7 Å². The standard InChI is InChI=1S/C16H12FN5O/c17-10-5-3-4-9(8-10)13-19-15(18)21-16-20-14(23)11-6-1-2-7-12(11)22(13)16/h1-8,13H,(H3,18,19,20,21,23). The number of rotatable bonds is 1. The minimum atomic E-state index is -0.597. The van der Waals surface area contributed by atoms with Gasteiger partial charge in [-0.3, -0.25) is 14.7 Å². The van der Waals surface area contributed by atoms with Crippen LogP contribution in [0, 0.1) is 5.82 Å². The summed E-state index contributed by atoms with van der Waals surface area (Å²) in [7, 11) is 0. The van der Waals surface area contributed by atoms with E-state index in [1.807, 2.05) is 6.07 Å². The molecule has 1 aliphatic heterocycles. The van der Waals surface area contributed by atoms with Gasteiger partial charge in [-0.25, -0.2) is 9.38 Å². The Labute approximate surface area is 130 Å². The van der Waals surface area contributed by atoms with Crippen molar-refractivity contribution in [2.24, 2.45) is 10.7 Å². The summed E-state index contributed by atoms with van der Waals surface area (Å²) in [4.78, 5) is 20.5. The van der Waals surface area contributed by atoms with Gasteiger partial charge >= 0.3 is 0 Å². The zero-order valence-electron chi connectivity index (χ0n) is 11.9. The Morgan fingerprint density at radius 3 is 2.83 bits per heavy atom. The van der Waals surface area contributed by atoms with Crippen LogP contribution in [0.4, 0.5) is 10.3 Å². The predicted octanol–water partition coefficient (Wildman–Crippen LogP) is 1.82. The normalized spacial score (nSPS) is 16.6. The fraction of sp³-hybridized carbons (Fsp3) is 0.0625. The van der Waals surface area contributed by atoms with Crippen LogP contribution >= 0.6 is 0 Å². The summed E-state index contributed by atoms with van der Waals surface area (Å²) < 4.78 is 15.3. The summed E-state index contributed by atoms with van der Waals surface area (Å²) in [5.41, 5.74) is 6.71. The van der Waals surface area contributed by atoms with E-state index in [2.05, 4.69) is 15.3 Å². The van der Waals surface area contributed by atoms with Crippen molar-refractivity contribution >= 4 is 22.8 Å². The van der Waals surface area contributed by atoms with Crippen molar-refractivity contribution in [2.45, 2.75) is 6.17 Å². The first-order valence-electron chi connectivity index (χ1n) is 7.00. The molecule has 0 saturated carbocycles. The Kier molecular flexibility index (Phi) is 2.87. The Hall–Kier alpha value is -3.22. The van der Waals surface area contributed by atoms with Crippen molar-refractivity contribution in [3.8, 4) is 0 Å². The average Bonchev–Trinajstić information content (AvgIpc) is 2.54. The largest absolute Gasteiger partial charge is 0.370 e. The number of para-hydroxylation sites is 1. The molecule has 0 bridgehead atoms. The van der Waals surface area contributed by atoms with Crippen LogP contribution in [0.5, 0.6) is 0 Å². The SMILES string of the molecule is NC1=NC(c2cccc(F)c2)n2c(nc(=O)c3ccccc32)N1. The van der Waals surface area contributed by atoms with Gasteiger partial charge in [-0.1, -0.05) is 24.3 Å². The number of hydrogen-bond acceptors (Lipinski definition) is 5. The van der Waals surface area contributed by atoms with Crippen LogP contribution in [-0.4, -0.2) is 15.5 Å². The summed E-state index contributed by atoms with van der Waals surface area (Å²) >= 11 is 0. The molecule has 3 N–H and O–H groups in total. The van der Waals surface area contributed by atoms with E-state index < -0.39 is 6.17 Å². The number of hydrogen-bond donors (Lipinski definition) is 2. The van der Waals surface area contributed by atoms with Gasteiger partial charge in [0.1, 0.15) is 5.82 Å². The highest BCUT2D eigenvalue weighted by Crippen LogP contribution is 2.29. The first-order chi connectivity index (χ1) is 11.1. The minimum Gasteiger partial charge on any atom is -0.370 e. The third-order valence-electron chi connectivity index (χ3n) is 3.72. The van der Waals surface area contributed by atoms with Gasteiger partial charge in [-0.05, 0) is 29.8 Å². The number of fused-ring (bicyclic) bond motifs is 3. The molecule has 2 aromatic carbocycles. The van der Waals surface area contributed by atoms with Gasteiger partial charge < -0.3 is 5.73 Å². The molecule has 4 rings (SSSR count). The van der Waals surface area contributed by atoms with Crippen LogP contribution in [0.3, 0.4) is 0 Å². The number of nitrogens with two attached hydrogens (primary N) is 1. The lowest BCUT2D eigenvalue weighted by Gasteiger charge is -2.27. The molecule has 0 aliphatic carbocycles. The first-order valence-corrected chi connectivity index (χ1v) is 7.00. The molecule has 0 spiro atoms. The topological polar surface area (TPSA) is 85.3 Å². The van der Waals surface area contributed by atoms with E-state index >= 15 is 0 Å². The van der Waals surface area contributed by atoms with Gasteiger partial charge in [0.2, 0.25) is 5.95 Å². The Morgan fingerprint density at radius 2 is 2.00 bits per heavy atom. The second kappa shape index (κ2) is 4.91. The van der Waals surface area contributed by atoms with E-state index in [9.17, 15) is 9.18 Å². The number of anilines is 1. The molecule has 23 heavy (non-hydrogen) atoms. The molecule has 0 saturated heterocycles. The van der Waals surface area contributed by atoms with Crippen molar-refractivity contribution < 1.29 is 4.39 Å². The second-order valence-electron chi connectivity index (χ2n) is 5.20. The highest BCUT2D eigenvalue weighted by atomic mass is 19.1. The van der Waals surface area contributed by atoms with Gasteiger partial charge in [0.15, 0.2) is 12.1 Å². The highest BCUT2D eigenvalue weighted by molar-refractivity contribution is 5.93. The number of nitrogens with one attached hydrogen (secondary N) is 1. The molecule has 0 amide bonds. The maximum absolute atomic E-state index is 13.6. The number of guanidine groups is 1. The van der Waals surface area contributed by atoms with Crippen LogP contribution in [0.25, 0.3) is 10.9 Å². The van der Waals surface area contributed by atoms with Crippen molar-refractivity contribution in [3.63, 3.8) is 0 Å². The maximum Gasteiger partial charge on any atom is 0.282 e. The van der Waals surface area contributed by atoms with E-state index in [-0.39, 0.29) is 23.3 Å². The molecule has 1 atom stereocenters. The molecule has 114 valence electrons. The monoisotopic (exact) mass is 309 g/mol. The summed E-state index contributed by atoms with van der Waals surface area (Å²) in [5.74, 6) is 0.0477. The lowest BCUT2D eigenvalue weighted by molar-refractivity contribution is 0.593. The second-order valence-corrected chi connectivity index (χ2v) is 5.20. The molecule has 1 unspecified atom stereocenters. The lowest BCUT2D eigenvalue weighted by Crippen LogP contribution is -2.34. The number of nitrogens with zero attached hydrogens (tertiary/aromatic N) is 3. The lowest BCUT2D eigenvalue weighted by atomic mass is 10.1. The molecule has 0 radical (unpaired) electrons. The predicted molar refractivity (Wildman–Crippen MR) is 85.8 cm³/mol. The zero-order valence-corrected chi connectivity index (χ0v) is 11.9. The van der Waals surface area contributed by atoms with Gasteiger partial charge in [0.05, 0.1) is 10.9 Å². The van der Waals surface area contributed by atoms with E-state index in [1.165, 1.54) is 12.1 Å². The van der Waals surface area contributed by atoms with E-state index in [0.29, 0.717) is 16.5 Å². The Bertz CT molecular complexity index is 1010. The number of aromatic nitrogens is 2. The summed E-state index contributed by atoms with van der Waals surface area (Å²) in [6.07, 6.45) is -0.597. The Morgan fingerprint density at radius 1 is 1.17 bits per heavy atom. The van der Waals surface area contributed by atoms with Crippen molar-refractivity contribution in [1.29, 1.82) is 0 Å². The number of halogens is 1. The highest BCUT2D eigenvalue weighted by Gasteiger charge is 2.24. The van der Waals surface area contributed by atoms with Gasteiger partial charge in [0, 0.05) is 0 Å². The maximum atomic E-state index is 13.6. The minimum absolute atomic E-state index is 0.126. The van der Waals surface area contributed by atoms with E-state index in [0.717, 1.165) is 0 Å². The fourth-order valence-electron chi connectivity index (χ4n) is 2.75. The number of benzene rings is 2. The van der Waals surface area contributed by atoms with Gasteiger partial charge in [-0.2, -0.15) is 4.98 Å². The third-order valence-corrected chi connectivity index (χ3v) is 3.72. The quantitative estimate of drug-likeness (QED) is 0.718. The molecular formula is C16H12FN5O. The Balaban J connectivity index is 2.05. The van der Waals surface area contributed by atoms with E-state index in [4.69, 9.17) is 5.73 Å². The van der Waals surface area contributed by atoms with Crippen molar-refractivity contribution in [3.05, 3.63) is 70.3 Å². The van der Waals surface area contributed by atoms with Crippen LogP contribution in [0.2, 0.25) is 0 Å². The average molecular weight is 309 g/mol. The third kappa shape index (κ3) is 2.13. The van der Waals surface area contributed by atoms with Gasteiger partial charge in [0.25, 0.3) is 5.56 Å². The molecule has 2 heterocycles. The van der Waals surface area contributed by atoms with Crippen LogP contribution in [-0.2, 0) is 0 Å². The first kappa shape index (κ1) is 13.4. The molecule has 1 aromatic heterocycles. The van der Waals surface area contributed by atoms with E-state index in [1.54, 1.807) is 34.9 Å². The summed E-state index contributed by atoms with van der Waals surface area (Å²) in [5, 5.41) is 3.26. The molecule has 3 aromatic rings. The zero-order chi connectivity index (χ0) is 16.0. The fourth-order valence-corrected chi connectivity index (χ4v) is 2.75. The molecule has 1 aliphatic rings. The molecule has 0 fully saturated rings. The summed E-state index contributed by atoms with van der Waals surface area (Å²) in [6.45, 7) is 0. The molecule has 7 heteroatoms. The summed E-state index contributed by atoms with van der Waals surface area (Å²) in [6, 6.07) is 13.2. The van der Waals surface area contributed by atoms with Gasteiger partial charge in [-0.15, -0.1) is 0 Å². The van der Waals surface area contributed by atoms with Crippen LogP contribution in [0.15, 0.2) is 58.3 Å².